The van der Waals surface area contributed by atoms with Crippen LogP contribution in [0.3, 0.4) is 0 Å². The first kappa shape index (κ1) is 19.2. The molecule has 0 spiro atoms. The van der Waals surface area contributed by atoms with Crippen LogP contribution in [-0.4, -0.2) is 37.4 Å². The molecule has 142 valence electrons. The summed E-state index contributed by atoms with van der Waals surface area (Å²) in [4.78, 5) is 28.4. The molecule has 0 aliphatic carbocycles. The number of carbonyl (C=O) groups is 2. The molecule has 0 bridgehead atoms. The van der Waals surface area contributed by atoms with Crippen LogP contribution >= 0.6 is 11.6 Å². The molecule has 3 rings (SSSR count). The van der Waals surface area contributed by atoms with Gasteiger partial charge in [0.2, 0.25) is 11.8 Å². The molecule has 0 radical (unpaired) electrons. The summed E-state index contributed by atoms with van der Waals surface area (Å²) in [5.74, 6) is -0.521. The number of rotatable bonds is 5. The van der Waals surface area contributed by atoms with Gasteiger partial charge in [0.25, 0.3) is 0 Å². The summed E-state index contributed by atoms with van der Waals surface area (Å²) < 4.78 is 18.3. The highest BCUT2D eigenvalue weighted by Gasteiger charge is 2.37. The molecular formula is C20H20ClFN2O3. The van der Waals surface area contributed by atoms with Crippen LogP contribution in [0.25, 0.3) is 0 Å². The van der Waals surface area contributed by atoms with Crippen LogP contribution in [0.2, 0.25) is 5.02 Å². The van der Waals surface area contributed by atoms with Crippen molar-refractivity contribution in [1.29, 1.82) is 0 Å². The second-order valence-electron chi connectivity index (χ2n) is 6.54. The first-order valence-corrected chi connectivity index (χ1v) is 8.90. The van der Waals surface area contributed by atoms with Gasteiger partial charge in [-0.3, -0.25) is 9.59 Å². The molecule has 27 heavy (non-hydrogen) atoms. The van der Waals surface area contributed by atoms with Crippen LogP contribution in [0.4, 0.5) is 10.1 Å². The van der Waals surface area contributed by atoms with Crippen molar-refractivity contribution in [3.8, 4) is 5.75 Å². The zero-order valence-corrected chi connectivity index (χ0v) is 15.9. The third kappa shape index (κ3) is 4.22. The molecule has 1 aliphatic heterocycles. The topological polar surface area (TPSA) is 49.9 Å². The Morgan fingerprint density at radius 1 is 1.30 bits per heavy atom. The predicted molar refractivity (Wildman–Crippen MR) is 101 cm³/mol. The van der Waals surface area contributed by atoms with E-state index in [1.807, 2.05) is 0 Å². The number of ether oxygens (including phenoxy) is 1. The summed E-state index contributed by atoms with van der Waals surface area (Å²) in [7, 11) is 3.20. The molecule has 0 aromatic heterocycles. The van der Waals surface area contributed by atoms with Gasteiger partial charge in [0.1, 0.15) is 11.6 Å². The van der Waals surface area contributed by atoms with Crippen molar-refractivity contribution in [3.05, 3.63) is 58.9 Å². The lowest BCUT2D eigenvalue weighted by atomic mass is 10.1. The molecule has 2 aromatic rings. The number of nitrogens with zero attached hydrogens (tertiary/aromatic N) is 2. The van der Waals surface area contributed by atoms with Crippen LogP contribution < -0.4 is 9.64 Å². The highest BCUT2D eigenvalue weighted by molar-refractivity contribution is 6.31. The average Bonchev–Trinajstić information content (AvgIpc) is 3.04. The van der Waals surface area contributed by atoms with Crippen LogP contribution in [0.5, 0.6) is 5.75 Å². The summed E-state index contributed by atoms with van der Waals surface area (Å²) in [6.45, 7) is 0.617. The smallest absolute Gasteiger partial charge is 0.228 e. The predicted octanol–water partition coefficient (Wildman–Crippen LogP) is 3.50. The Balaban J connectivity index is 1.72. The van der Waals surface area contributed by atoms with Crippen molar-refractivity contribution in [1.82, 2.24) is 4.90 Å². The van der Waals surface area contributed by atoms with E-state index in [4.69, 9.17) is 16.3 Å². The van der Waals surface area contributed by atoms with E-state index in [0.717, 1.165) is 5.56 Å². The minimum absolute atomic E-state index is 0.127. The van der Waals surface area contributed by atoms with E-state index < -0.39 is 5.92 Å². The monoisotopic (exact) mass is 390 g/mol. The summed E-state index contributed by atoms with van der Waals surface area (Å²) in [5, 5.41) is 0.488. The van der Waals surface area contributed by atoms with Gasteiger partial charge in [0.15, 0.2) is 0 Å². The first-order valence-electron chi connectivity index (χ1n) is 8.52. The van der Waals surface area contributed by atoms with Gasteiger partial charge >= 0.3 is 0 Å². The third-order valence-electron chi connectivity index (χ3n) is 4.62. The van der Waals surface area contributed by atoms with Crippen LogP contribution in [0.15, 0.2) is 42.5 Å². The Kier molecular flexibility index (Phi) is 5.65. The van der Waals surface area contributed by atoms with E-state index in [0.29, 0.717) is 23.0 Å². The normalized spacial score (nSPS) is 16.5. The van der Waals surface area contributed by atoms with Crippen molar-refractivity contribution < 1.29 is 18.7 Å². The van der Waals surface area contributed by atoms with Gasteiger partial charge in [-0.2, -0.15) is 0 Å². The minimum atomic E-state index is -0.452. The second kappa shape index (κ2) is 7.96. The number of benzene rings is 2. The fourth-order valence-corrected chi connectivity index (χ4v) is 3.40. The SMILES string of the molecule is COc1ccc(Cl)cc1N1CC(C(=O)N(C)Cc2ccc(F)cc2)CC1=O. The summed E-state index contributed by atoms with van der Waals surface area (Å²) in [6, 6.07) is 11.0. The molecule has 1 saturated heterocycles. The Morgan fingerprint density at radius 2 is 2.00 bits per heavy atom. The number of halogens is 2. The fourth-order valence-electron chi connectivity index (χ4n) is 3.23. The number of hydrogen-bond acceptors (Lipinski definition) is 3. The van der Waals surface area contributed by atoms with Gasteiger partial charge in [-0.1, -0.05) is 23.7 Å². The highest BCUT2D eigenvalue weighted by Crippen LogP contribution is 2.35. The molecule has 1 unspecified atom stereocenters. The second-order valence-corrected chi connectivity index (χ2v) is 6.98. The van der Waals surface area contributed by atoms with Crippen molar-refractivity contribution in [3.63, 3.8) is 0 Å². The lowest BCUT2D eigenvalue weighted by molar-refractivity contribution is -0.135. The van der Waals surface area contributed by atoms with Crippen LogP contribution in [-0.2, 0) is 16.1 Å². The fraction of sp³-hybridized carbons (Fsp3) is 0.300. The van der Waals surface area contributed by atoms with Crippen molar-refractivity contribution in [2.75, 3.05) is 25.6 Å². The molecule has 7 heteroatoms. The van der Waals surface area contributed by atoms with Gasteiger partial charge in [-0.15, -0.1) is 0 Å². The maximum atomic E-state index is 13.0. The Hall–Kier alpha value is -2.60. The van der Waals surface area contributed by atoms with Crippen molar-refractivity contribution in [2.45, 2.75) is 13.0 Å². The van der Waals surface area contributed by atoms with Crippen molar-refractivity contribution >= 4 is 29.1 Å². The molecule has 1 fully saturated rings. The van der Waals surface area contributed by atoms with E-state index in [2.05, 4.69) is 0 Å². The van der Waals surface area contributed by atoms with E-state index in [9.17, 15) is 14.0 Å². The van der Waals surface area contributed by atoms with Crippen LogP contribution in [0, 0.1) is 11.7 Å². The summed E-state index contributed by atoms with van der Waals surface area (Å²) in [5.41, 5.74) is 1.39. The van der Waals surface area contributed by atoms with E-state index in [1.165, 1.54) is 19.2 Å². The van der Waals surface area contributed by atoms with Gasteiger partial charge in [0.05, 0.1) is 18.7 Å². The van der Waals surface area contributed by atoms with Crippen LogP contribution in [0.1, 0.15) is 12.0 Å². The molecule has 1 heterocycles. The third-order valence-corrected chi connectivity index (χ3v) is 4.85. The average molecular weight is 391 g/mol. The molecule has 5 nitrogen and oxygen atoms in total. The largest absolute Gasteiger partial charge is 0.495 e. The lowest BCUT2D eigenvalue weighted by Gasteiger charge is -2.22. The standard InChI is InChI=1S/C20H20ClFN2O3/c1-23(11-13-3-6-16(22)7-4-13)20(26)14-9-19(25)24(12-14)17-10-15(21)5-8-18(17)27-2/h3-8,10,14H,9,11-12H2,1-2H3. The molecule has 2 amide bonds. The minimum Gasteiger partial charge on any atom is -0.495 e. The Bertz CT molecular complexity index is 857. The Labute approximate surface area is 162 Å². The van der Waals surface area contributed by atoms with E-state index in [-0.39, 0.29) is 30.6 Å². The molecule has 0 N–H and O–H groups in total. The molecule has 1 atom stereocenters. The van der Waals surface area contributed by atoms with Gasteiger partial charge in [-0.25, -0.2) is 4.39 Å². The maximum absolute atomic E-state index is 13.0. The number of methoxy groups -OCH3 is 1. The Morgan fingerprint density at radius 3 is 2.67 bits per heavy atom. The molecule has 0 saturated carbocycles. The summed E-state index contributed by atoms with van der Waals surface area (Å²) >= 11 is 6.06. The van der Waals surface area contributed by atoms with E-state index in [1.54, 1.807) is 47.2 Å². The lowest BCUT2D eigenvalue weighted by Crippen LogP contribution is -2.34. The molecule has 1 aliphatic rings. The van der Waals surface area contributed by atoms with E-state index >= 15 is 0 Å². The molecule has 2 aromatic carbocycles. The quantitative estimate of drug-likeness (QED) is 0.785. The zero-order chi connectivity index (χ0) is 19.6. The molecular weight excluding hydrogens is 371 g/mol. The van der Waals surface area contributed by atoms with Crippen molar-refractivity contribution in [2.24, 2.45) is 5.92 Å². The highest BCUT2D eigenvalue weighted by atomic mass is 35.5. The zero-order valence-electron chi connectivity index (χ0n) is 15.1. The first-order chi connectivity index (χ1) is 12.9. The maximum Gasteiger partial charge on any atom is 0.228 e. The number of amides is 2. The van der Waals surface area contributed by atoms with Gasteiger partial charge in [-0.05, 0) is 35.9 Å². The van der Waals surface area contributed by atoms with Gasteiger partial charge in [0, 0.05) is 31.6 Å². The number of carbonyl (C=O) groups excluding carboxylic acids is 2. The number of hydrogen-bond donors (Lipinski definition) is 0. The number of anilines is 1. The summed E-state index contributed by atoms with van der Waals surface area (Å²) in [6.07, 6.45) is 0.127. The van der Waals surface area contributed by atoms with Gasteiger partial charge < -0.3 is 14.5 Å².